The van der Waals surface area contributed by atoms with Crippen molar-refractivity contribution in [2.24, 2.45) is 0 Å². The molecule has 0 aliphatic heterocycles. The molecule has 19 heavy (non-hydrogen) atoms. The number of carboxylic acid groups (broad SMARTS) is 1. The van der Waals surface area contributed by atoms with Crippen LogP contribution in [-0.2, 0) is 16.0 Å². The molecule has 0 aliphatic rings. The summed E-state index contributed by atoms with van der Waals surface area (Å²) in [5, 5.41) is 11.3. The van der Waals surface area contributed by atoms with Crippen LogP contribution in [-0.4, -0.2) is 29.1 Å². The molecule has 0 aliphatic carbocycles. The van der Waals surface area contributed by atoms with Gasteiger partial charge >= 0.3 is 5.97 Å². The molecule has 0 bridgehead atoms. The van der Waals surface area contributed by atoms with Gasteiger partial charge in [0, 0.05) is 0 Å². The maximum Gasteiger partial charge on any atom is 0.328 e. The molecule has 0 aromatic heterocycles. The number of hydrogen-bond acceptors (Lipinski definition) is 3. The van der Waals surface area contributed by atoms with E-state index in [1.165, 1.54) is 13.8 Å². The Morgan fingerprint density at radius 2 is 2.05 bits per heavy atom. The van der Waals surface area contributed by atoms with Gasteiger partial charge in [0.2, 0.25) is 0 Å². The summed E-state index contributed by atoms with van der Waals surface area (Å²) < 4.78 is 5.33. The molecule has 2 N–H and O–H groups in total. The van der Waals surface area contributed by atoms with Gasteiger partial charge in [-0.25, -0.2) is 4.79 Å². The van der Waals surface area contributed by atoms with Crippen molar-refractivity contribution in [3.63, 3.8) is 0 Å². The van der Waals surface area contributed by atoms with Gasteiger partial charge in [0.1, 0.15) is 11.3 Å². The van der Waals surface area contributed by atoms with Crippen molar-refractivity contribution in [3.8, 4) is 5.75 Å². The Balaban J connectivity index is 2.52. The van der Waals surface area contributed by atoms with E-state index < -0.39 is 17.4 Å². The third-order valence-electron chi connectivity index (χ3n) is 2.66. The molecule has 0 radical (unpaired) electrons. The molecule has 5 heteroatoms. The highest BCUT2D eigenvalue weighted by atomic mass is 16.5. The first-order valence-corrected chi connectivity index (χ1v) is 6.11. The number of carbonyl (C=O) groups is 2. The minimum Gasteiger partial charge on any atom is -0.484 e. The minimum atomic E-state index is -1.30. The van der Waals surface area contributed by atoms with E-state index in [1.807, 2.05) is 25.1 Å². The molecule has 0 saturated heterocycles. The number of carboxylic acids is 1. The van der Waals surface area contributed by atoms with Crippen LogP contribution >= 0.6 is 0 Å². The van der Waals surface area contributed by atoms with Gasteiger partial charge in [0.25, 0.3) is 5.91 Å². The number of nitrogens with one attached hydrogen (secondary N) is 1. The van der Waals surface area contributed by atoms with Crippen molar-refractivity contribution in [2.75, 3.05) is 6.61 Å². The van der Waals surface area contributed by atoms with Crippen LogP contribution in [0.25, 0.3) is 0 Å². The molecule has 1 aromatic rings. The standard InChI is InChI=1S/C14H19NO4/c1-4-10-6-5-7-11(8-10)19-9-12(16)15-14(2,3)13(17)18/h5-8H,4,9H2,1-3H3,(H,15,16)(H,17,18). The maximum atomic E-state index is 11.6. The monoisotopic (exact) mass is 265 g/mol. The molecular formula is C14H19NO4. The third-order valence-corrected chi connectivity index (χ3v) is 2.66. The van der Waals surface area contributed by atoms with Crippen LogP contribution in [0.4, 0.5) is 0 Å². The number of carbonyl (C=O) groups excluding carboxylic acids is 1. The largest absolute Gasteiger partial charge is 0.484 e. The molecule has 0 unspecified atom stereocenters. The Morgan fingerprint density at radius 3 is 2.63 bits per heavy atom. The van der Waals surface area contributed by atoms with E-state index in [4.69, 9.17) is 9.84 Å². The molecular weight excluding hydrogens is 246 g/mol. The smallest absolute Gasteiger partial charge is 0.328 e. The number of aryl methyl sites for hydroxylation is 1. The Hall–Kier alpha value is -2.04. The Kier molecular flexibility index (Phi) is 4.92. The van der Waals surface area contributed by atoms with Crippen LogP contribution in [0.1, 0.15) is 26.3 Å². The highest BCUT2D eigenvalue weighted by molar-refractivity contribution is 5.86. The van der Waals surface area contributed by atoms with Gasteiger partial charge in [-0.15, -0.1) is 0 Å². The van der Waals surface area contributed by atoms with Crippen LogP contribution < -0.4 is 10.1 Å². The van der Waals surface area contributed by atoms with Crippen molar-refractivity contribution in [1.29, 1.82) is 0 Å². The number of aliphatic carboxylic acids is 1. The number of rotatable bonds is 6. The van der Waals surface area contributed by atoms with Crippen LogP contribution in [0, 0.1) is 0 Å². The molecule has 5 nitrogen and oxygen atoms in total. The Bertz CT molecular complexity index is 468. The van der Waals surface area contributed by atoms with E-state index in [0.717, 1.165) is 12.0 Å². The molecule has 1 amide bonds. The topological polar surface area (TPSA) is 75.6 Å². The van der Waals surface area contributed by atoms with Gasteiger partial charge in [-0.05, 0) is 38.0 Å². The summed E-state index contributed by atoms with van der Waals surface area (Å²) in [6.07, 6.45) is 0.884. The fraction of sp³-hybridized carbons (Fsp3) is 0.429. The van der Waals surface area contributed by atoms with Gasteiger partial charge in [0.15, 0.2) is 6.61 Å². The van der Waals surface area contributed by atoms with E-state index in [-0.39, 0.29) is 6.61 Å². The van der Waals surface area contributed by atoms with E-state index >= 15 is 0 Å². The second kappa shape index (κ2) is 6.22. The molecule has 0 fully saturated rings. The first-order valence-electron chi connectivity index (χ1n) is 6.11. The van der Waals surface area contributed by atoms with Crippen molar-refractivity contribution < 1.29 is 19.4 Å². The van der Waals surface area contributed by atoms with E-state index in [1.54, 1.807) is 6.07 Å². The highest BCUT2D eigenvalue weighted by Crippen LogP contribution is 2.13. The zero-order valence-corrected chi connectivity index (χ0v) is 11.4. The fourth-order valence-corrected chi connectivity index (χ4v) is 1.44. The zero-order chi connectivity index (χ0) is 14.5. The molecule has 0 saturated carbocycles. The number of benzene rings is 1. The van der Waals surface area contributed by atoms with E-state index in [9.17, 15) is 9.59 Å². The molecule has 0 atom stereocenters. The van der Waals surface area contributed by atoms with Gasteiger partial charge in [-0.3, -0.25) is 4.79 Å². The molecule has 104 valence electrons. The SMILES string of the molecule is CCc1cccc(OCC(=O)NC(C)(C)C(=O)O)c1. The summed E-state index contributed by atoms with van der Waals surface area (Å²) in [6, 6.07) is 7.44. The lowest BCUT2D eigenvalue weighted by Gasteiger charge is -2.20. The summed E-state index contributed by atoms with van der Waals surface area (Å²) in [7, 11) is 0. The van der Waals surface area contributed by atoms with Gasteiger partial charge < -0.3 is 15.2 Å². The molecule has 1 rings (SSSR count). The summed E-state index contributed by atoms with van der Waals surface area (Å²) in [5.41, 5.74) is -0.185. The summed E-state index contributed by atoms with van der Waals surface area (Å²) >= 11 is 0. The predicted octanol–water partition coefficient (Wildman–Crippen LogP) is 1.61. The second-order valence-corrected chi connectivity index (χ2v) is 4.77. The molecule has 0 spiro atoms. The lowest BCUT2D eigenvalue weighted by atomic mass is 10.1. The fourth-order valence-electron chi connectivity index (χ4n) is 1.44. The van der Waals surface area contributed by atoms with Crippen molar-refractivity contribution in [3.05, 3.63) is 29.8 Å². The normalized spacial score (nSPS) is 10.9. The zero-order valence-electron chi connectivity index (χ0n) is 11.4. The van der Waals surface area contributed by atoms with E-state index in [0.29, 0.717) is 5.75 Å². The molecule has 0 heterocycles. The summed E-state index contributed by atoms with van der Waals surface area (Å²) in [5.74, 6) is -0.953. The highest BCUT2D eigenvalue weighted by Gasteiger charge is 2.28. The quantitative estimate of drug-likeness (QED) is 0.819. The average Bonchev–Trinajstić information content (AvgIpc) is 2.36. The summed E-state index contributed by atoms with van der Waals surface area (Å²) in [4.78, 5) is 22.5. The Labute approximate surface area is 112 Å². The van der Waals surface area contributed by atoms with Crippen molar-refractivity contribution in [1.82, 2.24) is 5.32 Å². The minimum absolute atomic E-state index is 0.204. The van der Waals surface area contributed by atoms with Crippen molar-refractivity contribution >= 4 is 11.9 Å². The van der Waals surface area contributed by atoms with Gasteiger partial charge in [-0.1, -0.05) is 19.1 Å². The number of ether oxygens (including phenoxy) is 1. The predicted molar refractivity (Wildman–Crippen MR) is 71.2 cm³/mol. The first-order chi connectivity index (χ1) is 8.85. The third kappa shape index (κ3) is 4.62. The van der Waals surface area contributed by atoms with E-state index in [2.05, 4.69) is 5.32 Å². The molecule has 1 aromatic carbocycles. The maximum absolute atomic E-state index is 11.6. The Morgan fingerprint density at radius 1 is 1.37 bits per heavy atom. The first kappa shape index (κ1) is 15.0. The van der Waals surface area contributed by atoms with Crippen LogP contribution in [0.2, 0.25) is 0 Å². The van der Waals surface area contributed by atoms with Crippen molar-refractivity contribution in [2.45, 2.75) is 32.7 Å². The van der Waals surface area contributed by atoms with Gasteiger partial charge in [0.05, 0.1) is 0 Å². The van der Waals surface area contributed by atoms with Crippen LogP contribution in [0.15, 0.2) is 24.3 Å². The summed E-state index contributed by atoms with van der Waals surface area (Å²) in [6.45, 7) is 4.67. The van der Waals surface area contributed by atoms with Crippen LogP contribution in [0.5, 0.6) is 5.75 Å². The lowest BCUT2D eigenvalue weighted by Crippen LogP contribution is -2.51. The second-order valence-electron chi connectivity index (χ2n) is 4.77. The van der Waals surface area contributed by atoms with Crippen LogP contribution in [0.3, 0.4) is 0 Å². The average molecular weight is 265 g/mol. The number of hydrogen-bond donors (Lipinski definition) is 2. The lowest BCUT2D eigenvalue weighted by molar-refractivity contribution is -0.146. The van der Waals surface area contributed by atoms with Gasteiger partial charge in [-0.2, -0.15) is 0 Å². The number of amides is 1.